The van der Waals surface area contributed by atoms with Crippen molar-refractivity contribution in [2.45, 2.75) is 69.3 Å². The lowest BCUT2D eigenvalue weighted by atomic mass is 9.81. The molecule has 1 fully saturated rings. The molecule has 0 amide bonds. The molecule has 1 unspecified atom stereocenters. The standard InChI is InChI=1S/C17H26BBrO2/c1-16(2)17(3,4)21-18(20-16)15(19)13-9-8-12-14-10-6-5-7-11-14/h5-7,10-11,15H,8-9,12-13H2,1-4H3. The molecule has 0 aliphatic carbocycles. The van der Waals surface area contributed by atoms with Crippen LogP contribution < -0.4 is 0 Å². The molecule has 1 aromatic carbocycles. The Balaban J connectivity index is 1.72. The Kier molecular flexibility index (Phi) is 5.56. The second-order valence-corrected chi connectivity index (χ2v) is 8.05. The van der Waals surface area contributed by atoms with E-state index in [1.54, 1.807) is 0 Å². The summed E-state index contributed by atoms with van der Waals surface area (Å²) in [6.45, 7) is 8.40. The van der Waals surface area contributed by atoms with E-state index in [2.05, 4.69) is 74.0 Å². The molecular weight excluding hydrogens is 327 g/mol. The molecule has 1 atom stereocenters. The Morgan fingerprint density at radius 3 is 2.14 bits per heavy atom. The van der Waals surface area contributed by atoms with E-state index >= 15 is 0 Å². The second kappa shape index (κ2) is 6.85. The molecule has 1 saturated heterocycles. The third-order valence-electron chi connectivity index (χ3n) is 4.60. The van der Waals surface area contributed by atoms with Gasteiger partial charge >= 0.3 is 7.12 Å². The number of rotatable bonds is 6. The van der Waals surface area contributed by atoms with Gasteiger partial charge in [0.2, 0.25) is 0 Å². The molecule has 1 heterocycles. The zero-order valence-corrected chi connectivity index (χ0v) is 15.2. The van der Waals surface area contributed by atoms with Gasteiger partial charge in [0.1, 0.15) is 0 Å². The average Bonchev–Trinajstić information content (AvgIpc) is 2.65. The minimum atomic E-state index is -0.242. The Morgan fingerprint density at radius 1 is 1.00 bits per heavy atom. The van der Waals surface area contributed by atoms with Crippen molar-refractivity contribution >= 4 is 23.0 Å². The van der Waals surface area contributed by atoms with Gasteiger partial charge in [0, 0.05) is 4.73 Å². The van der Waals surface area contributed by atoms with Crippen LogP contribution >= 0.6 is 15.9 Å². The summed E-state index contributed by atoms with van der Waals surface area (Å²) in [6, 6.07) is 10.7. The molecule has 0 spiro atoms. The van der Waals surface area contributed by atoms with Gasteiger partial charge in [-0.05, 0) is 52.5 Å². The van der Waals surface area contributed by atoms with Gasteiger partial charge in [0.05, 0.1) is 11.2 Å². The third kappa shape index (κ3) is 4.34. The summed E-state index contributed by atoms with van der Waals surface area (Å²) >= 11 is 3.74. The van der Waals surface area contributed by atoms with E-state index in [1.165, 1.54) is 18.4 Å². The molecule has 0 N–H and O–H groups in total. The number of halogens is 1. The average molecular weight is 353 g/mol. The lowest BCUT2D eigenvalue weighted by Gasteiger charge is -2.32. The number of aryl methyl sites for hydroxylation is 1. The van der Waals surface area contributed by atoms with Crippen LogP contribution in [-0.2, 0) is 15.7 Å². The van der Waals surface area contributed by atoms with Crippen molar-refractivity contribution in [2.75, 3.05) is 0 Å². The fourth-order valence-electron chi connectivity index (χ4n) is 2.49. The Bertz CT molecular complexity index is 431. The van der Waals surface area contributed by atoms with Crippen LogP contribution in [0.5, 0.6) is 0 Å². The number of unbranched alkanes of at least 4 members (excludes halogenated alkanes) is 1. The molecule has 0 radical (unpaired) electrons. The maximum Gasteiger partial charge on any atom is 0.472 e. The largest absolute Gasteiger partial charge is 0.472 e. The number of benzene rings is 1. The Morgan fingerprint density at radius 2 is 1.57 bits per heavy atom. The maximum absolute atomic E-state index is 6.07. The molecule has 0 saturated carbocycles. The lowest BCUT2D eigenvalue weighted by Crippen LogP contribution is -2.41. The number of hydrogen-bond donors (Lipinski definition) is 0. The summed E-state index contributed by atoms with van der Waals surface area (Å²) in [4.78, 5) is 0. The molecule has 1 aromatic rings. The second-order valence-electron chi connectivity index (χ2n) is 6.87. The van der Waals surface area contributed by atoms with E-state index in [0.29, 0.717) is 0 Å². The van der Waals surface area contributed by atoms with Gasteiger partial charge in [-0.25, -0.2) is 0 Å². The smallest absolute Gasteiger partial charge is 0.403 e. The predicted molar refractivity (Wildman–Crippen MR) is 92.8 cm³/mol. The molecule has 2 nitrogen and oxygen atoms in total. The summed E-state index contributed by atoms with van der Waals surface area (Å²) in [6.07, 6.45) is 4.59. The molecule has 0 bridgehead atoms. The number of hydrogen-bond acceptors (Lipinski definition) is 2. The van der Waals surface area contributed by atoms with E-state index < -0.39 is 0 Å². The first-order chi connectivity index (χ1) is 9.82. The first-order valence-electron chi connectivity index (χ1n) is 7.85. The fraction of sp³-hybridized carbons (Fsp3) is 0.647. The fourth-order valence-corrected chi connectivity index (χ4v) is 3.03. The highest BCUT2D eigenvalue weighted by Gasteiger charge is 2.53. The molecule has 21 heavy (non-hydrogen) atoms. The third-order valence-corrected chi connectivity index (χ3v) is 5.49. The molecule has 0 aromatic heterocycles. The van der Waals surface area contributed by atoms with Crippen molar-refractivity contribution in [1.29, 1.82) is 0 Å². The summed E-state index contributed by atoms with van der Waals surface area (Å²) in [7, 11) is -0.147. The van der Waals surface area contributed by atoms with Gasteiger partial charge in [-0.1, -0.05) is 52.7 Å². The van der Waals surface area contributed by atoms with Crippen LogP contribution in [0.3, 0.4) is 0 Å². The van der Waals surface area contributed by atoms with Gasteiger partial charge in [-0.15, -0.1) is 0 Å². The SMILES string of the molecule is CC1(C)OB(C(Br)CCCCc2ccccc2)OC1(C)C. The summed E-state index contributed by atoms with van der Waals surface area (Å²) in [5.41, 5.74) is 0.931. The van der Waals surface area contributed by atoms with Crippen molar-refractivity contribution < 1.29 is 9.31 Å². The van der Waals surface area contributed by atoms with Crippen LogP contribution in [0.2, 0.25) is 0 Å². The van der Waals surface area contributed by atoms with Gasteiger partial charge in [0.15, 0.2) is 0 Å². The zero-order valence-electron chi connectivity index (χ0n) is 13.6. The monoisotopic (exact) mass is 352 g/mol. The summed E-state index contributed by atoms with van der Waals surface area (Å²) in [5, 5.41) is 0. The first-order valence-corrected chi connectivity index (χ1v) is 8.77. The predicted octanol–water partition coefficient (Wildman–Crippen LogP) is 4.79. The topological polar surface area (TPSA) is 18.5 Å². The lowest BCUT2D eigenvalue weighted by molar-refractivity contribution is 0.00578. The van der Waals surface area contributed by atoms with Crippen LogP contribution in [0.1, 0.15) is 52.5 Å². The maximum atomic E-state index is 6.07. The van der Waals surface area contributed by atoms with Crippen LogP contribution in [-0.4, -0.2) is 23.0 Å². The van der Waals surface area contributed by atoms with Gasteiger partial charge < -0.3 is 9.31 Å². The van der Waals surface area contributed by atoms with Crippen LogP contribution in [0, 0.1) is 0 Å². The van der Waals surface area contributed by atoms with Crippen molar-refractivity contribution in [3.63, 3.8) is 0 Å². The van der Waals surface area contributed by atoms with E-state index in [0.717, 1.165) is 12.8 Å². The van der Waals surface area contributed by atoms with Crippen molar-refractivity contribution in [3.8, 4) is 0 Å². The highest BCUT2D eigenvalue weighted by atomic mass is 79.9. The van der Waals surface area contributed by atoms with E-state index in [-0.39, 0.29) is 23.0 Å². The van der Waals surface area contributed by atoms with Crippen LogP contribution in [0.4, 0.5) is 0 Å². The molecule has 116 valence electrons. The molecule has 2 rings (SSSR count). The van der Waals surface area contributed by atoms with Crippen LogP contribution in [0.15, 0.2) is 30.3 Å². The Labute approximate surface area is 137 Å². The summed E-state index contributed by atoms with van der Waals surface area (Å²) < 4.78 is 12.4. The molecule has 4 heteroatoms. The highest BCUT2D eigenvalue weighted by molar-refractivity contribution is 9.10. The summed E-state index contributed by atoms with van der Waals surface area (Å²) in [5.74, 6) is 0. The minimum Gasteiger partial charge on any atom is -0.403 e. The van der Waals surface area contributed by atoms with E-state index in [9.17, 15) is 0 Å². The molecular formula is C17H26BBrO2. The van der Waals surface area contributed by atoms with Gasteiger partial charge in [-0.2, -0.15) is 0 Å². The molecule has 1 aliphatic heterocycles. The first kappa shape index (κ1) is 17.0. The normalized spacial score (nSPS) is 21.5. The molecule has 1 aliphatic rings. The highest BCUT2D eigenvalue weighted by Crippen LogP contribution is 2.39. The van der Waals surface area contributed by atoms with Crippen molar-refractivity contribution in [1.82, 2.24) is 0 Å². The zero-order chi connectivity index (χ0) is 15.5. The minimum absolute atomic E-state index is 0.147. The van der Waals surface area contributed by atoms with E-state index in [1.807, 2.05) is 0 Å². The van der Waals surface area contributed by atoms with E-state index in [4.69, 9.17) is 9.31 Å². The van der Waals surface area contributed by atoms with Crippen molar-refractivity contribution in [2.24, 2.45) is 0 Å². The Hall–Kier alpha value is -0.315. The van der Waals surface area contributed by atoms with Crippen LogP contribution in [0.25, 0.3) is 0 Å². The number of alkyl halides is 1. The van der Waals surface area contributed by atoms with Gasteiger partial charge in [0.25, 0.3) is 0 Å². The quantitative estimate of drug-likeness (QED) is 0.416. The van der Waals surface area contributed by atoms with Crippen molar-refractivity contribution in [3.05, 3.63) is 35.9 Å². The van der Waals surface area contributed by atoms with Gasteiger partial charge in [-0.3, -0.25) is 0 Å².